The summed E-state index contributed by atoms with van der Waals surface area (Å²) in [6.07, 6.45) is 19.3. The van der Waals surface area contributed by atoms with Crippen LogP contribution in [0.2, 0.25) is 5.54 Å². The average Bonchev–Trinajstić information content (AvgIpc) is 3.48. The Kier molecular flexibility index (Phi) is 8.40. The molecule has 6 unspecified atom stereocenters. The van der Waals surface area contributed by atoms with Crippen LogP contribution in [0.15, 0.2) is 24.3 Å². The fourth-order valence-corrected chi connectivity index (χ4v) is 9.39. The van der Waals surface area contributed by atoms with Crippen molar-refractivity contribution in [2.45, 2.75) is 78.2 Å². The summed E-state index contributed by atoms with van der Waals surface area (Å²) in [6.45, 7) is 10.4. The SMILES string of the molecule is CCCCC1CC2C=CC1C2.CCO[Si](OCC)(OCC)C1CC2C=CC1C2. The maximum atomic E-state index is 6.01. The van der Waals surface area contributed by atoms with Crippen LogP contribution in [0, 0.1) is 29.6 Å². The Bertz CT molecular complexity index is 515. The average molecular weight is 407 g/mol. The molecule has 160 valence electrons. The molecule has 2 saturated carbocycles. The van der Waals surface area contributed by atoms with E-state index in [1.807, 2.05) is 20.8 Å². The standard InChI is InChI=1S/C13H24O3Si.C11H18/c1-4-14-17(15-5-2,16-6-3)13-10-11-7-8-12(13)9-11;1-2-3-4-10-7-9-5-6-11(10)8-9/h7-8,11-13H,4-6,9-10H2,1-3H3;5-6,9-11H,2-4,7-8H2,1H3. The van der Waals surface area contributed by atoms with Crippen molar-refractivity contribution in [2.24, 2.45) is 29.6 Å². The highest BCUT2D eigenvalue weighted by Gasteiger charge is 2.56. The van der Waals surface area contributed by atoms with Crippen LogP contribution in [-0.2, 0) is 13.3 Å². The Balaban J connectivity index is 0.000000176. The monoisotopic (exact) mass is 406 g/mol. The lowest BCUT2D eigenvalue weighted by molar-refractivity contribution is 0.0578. The zero-order chi connectivity index (χ0) is 20.0. The van der Waals surface area contributed by atoms with Crippen LogP contribution < -0.4 is 0 Å². The highest BCUT2D eigenvalue weighted by atomic mass is 28.4. The van der Waals surface area contributed by atoms with Gasteiger partial charge in [-0.1, -0.05) is 44.1 Å². The predicted octanol–water partition coefficient (Wildman–Crippen LogP) is 6.39. The second kappa shape index (κ2) is 10.6. The summed E-state index contributed by atoms with van der Waals surface area (Å²) in [4.78, 5) is 0. The van der Waals surface area contributed by atoms with Gasteiger partial charge in [-0.3, -0.25) is 0 Å². The minimum absolute atomic E-state index is 0.484. The largest absolute Gasteiger partial charge is 0.504 e. The third kappa shape index (κ3) is 5.00. The van der Waals surface area contributed by atoms with Gasteiger partial charge < -0.3 is 13.3 Å². The van der Waals surface area contributed by atoms with Gasteiger partial charge in [0.05, 0.1) is 0 Å². The van der Waals surface area contributed by atoms with Crippen molar-refractivity contribution >= 4 is 8.80 Å². The molecule has 0 aliphatic heterocycles. The fraction of sp³-hybridized carbons (Fsp3) is 0.833. The second-order valence-corrected chi connectivity index (χ2v) is 11.8. The van der Waals surface area contributed by atoms with Crippen molar-refractivity contribution in [1.82, 2.24) is 0 Å². The molecule has 0 N–H and O–H groups in total. The lowest BCUT2D eigenvalue weighted by Gasteiger charge is -2.36. The molecule has 4 bridgehead atoms. The predicted molar refractivity (Wildman–Crippen MR) is 118 cm³/mol. The van der Waals surface area contributed by atoms with Crippen molar-refractivity contribution < 1.29 is 13.3 Å². The van der Waals surface area contributed by atoms with E-state index in [2.05, 4.69) is 31.2 Å². The molecule has 4 aliphatic carbocycles. The summed E-state index contributed by atoms with van der Waals surface area (Å²) in [5.74, 6) is 4.37. The minimum Gasteiger partial charge on any atom is -0.374 e. The molecule has 28 heavy (non-hydrogen) atoms. The number of hydrogen-bond acceptors (Lipinski definition) is 3. The molecule has 6 atom stereocenters. The first-order chi connectivity index (χ1) is 13.7. The Morgan fingerprint density at radius 3 is 1.68 bits per heavy atom. The summed E-state index contributed by atoms with van der Waals surface area (Å²) in [7, 11) is -2.47. The first-order valence-corrected chi connectivity index (χ1v) is 13.7. The molecular weight excluding hydrogens is 364 g/mol. The molecule has 3 nitrogen and oxygen atoms in total. The molecule has 0 spiro atoms. The van der Waals surface area contributed by atoms with E-state index >= 15 is 0 Å². The van der Waals surface area contributed by atoms with Gasteiger partial charge in [0, 0.05) is 25.4 Å². The van der Waals surface area contributed by atoms with Crippen molar-refractivity contribution in [3.05, 3.63) is 24.3 Å². The number of rotatable bonds is 10. The normalized spacial score (nSPS) is 34.9. The summed E-state index contributed by atoms with van der Waals surface area (Å²) in [5.41, 5.74) is 0.484. The van der Waals surface area contributed by atoms with Gasteiger partial charge in [-0.15, -0.1) is 0 Å². The summed E-state index contributed by atoms with van der Waals surface area (Å²) in [6, 6.07) is 0. The highest BCUT2D eigenvalue weighted by molar-refractivity contribution is 6.62. The van der Waals surface area contributed by atoms with Gasteiger partial charge in [0.1, 0.15) is 0 Å². The zero-order valence-corrected chi connectivity index (χ0v) is 19.6. The second-order valence-electron chi connectivity index (χ2n) is 8.97. The highest BCUT2D eigenvalue weighted by Crippen LogP contribution is 2.52. The molecule has 4 heteroatoms. The van der Waals surface area contributed by atoms with Crippen LogP contribution in [0.1, 0.15) is 72.6 Å². The topological polar surface area (TPSA) is 27.7 Å². The van der Waals surface area contributed by atoms with Crippen LogP contribution in [0.4, 0.5) is 0 Å². The summed E-state index contributed by atoms with van der Waals surface area (Å²) in [5, 5.41) is 0. The van der Waals surface area contributed by atoms with Gasteiger partial charge in [0.15, 0.2) is 0 Å². The number of hydrogen-bond donors (Lipinski definition) is 0. The zero-order valence-electron chi connectivity index (χ0n) is 18.6. The quantitative estimate of drug-likeness (QED) is 0.311. The van der Waals surface area contributed by atoms with E-state index < -0.39 is 8.80 Å². The fourth-order valence-electron chi connectivity index (χ4n) is 5.93. The minimum atomic E-state index is -2.47. The molecule has 0 amide bonds. The van der Waals surface area contributed by atoms with E-state index in [4.69, 9.17) is 13.3 Å². The third-order valence-corrected chi connectivity index (χ3v) is 10.8. The summed E-state index contributed by atoms with van der Waals surface area (Å²) < 4.78 is 18.0. The smallest absolute Gasteiger partial charge is 0.374 e. The van der Waals surface area contributed by atoms with Crippen molar-refractivity contribution in [3.63, 3.8) is 0 Å². The molecule has 0 aromatic rings. The molecular formula is C24H42O3Si. The Hall–Kier alpha value is -0.423. The number of unbranched alkanes of at least 4 members (excludes halogenated alkanes) is 1. The molecule has 0 aromatic heterocycles. The van der Waals surface area contributed by atoms with Crippen LogP contribution in [0.3, 0.4) is 0 Å². The maximum absolute atomic E-state index is 6.01. The van der Waals surface area contributed by atoms with Gasteiger partial charge >= 0.3 is 8.80 Å². The molecule has 0 radical (unpaired) electrons. The Labute approximate surface area is 174 Å². The van der Waals surface area contributed by atoms with Gasteiger partial charge in [-0.2, -0.15) is 0 Å². The lowest BCUT2D eigenvalue weighted by atomic mass is 9.89. The summed E-state index contributed by atoms with van der Waals surface area (Å²) >= 11 is 0. The van der Waals surface area contributed by atoms with E-state index in [-0.39, 0.29) is 0 Å². The van der Waals surface area contributed by atoms with E-state index in [1.54, 1.807) is 0 Å². The van der Waals surface area contributed by atoms with Crippen molar-refractivity contribution in [3.8, 4) is 0 Å². The van der Waals surface area contributed by atoms with Gasteiger partial charge in [0.2, 0.25) is 0 Å². The molecule has 0 saturated heterocycles. The molecule has 0 aromatic carbocycles. The van der Waals surface area contributed by atoms with Gasteiger partial charge in [-0.05, 0) is 82.5 Å². The van der Waals surface area contributed by atoms with E-state index in [0.29, 0.717) is 31.3 Å². The molecule has 0 heterocycles. The molecule has 4 aliphatic rings. The van der Waals surface area contributed by atoms with E-state index in [9.17, 15) is 0 Å². The van der Waals surface area contributed by atoms with Crippen LogP contribution in [-0.4, -0.2) is 28.6 Å². The number of allylic oxidation sites excluding steroid dienone is 4. The Morgan fingerprint density at radius 2 is 1.29 bits per heavy atom. The number of fused-ring (bicyclic) bond motifs is 4. The molecule has 2 fully saturated rings. The first-order valence-electron chi connectivity index (χ1n) is 11.9. The van der Waals surface area contributed by atoms with Crippen molar-refractivity contribution in [2.75, 3.05) is 19.8 Å². The van der Waals surface area contributed by atoms with Crippen LogP contribution >= 0.6 is 0 Å². The van der Waals surface area contributed by atoms with Crippen LogP contribution in [0.5, 0.6) is 0 Å². The lowest BCUT2D eigenvalue weighted by Crippen LogP contribution is -2.51. The van der Waals surface area contributed by atoms with Crippen LogP contribution in [0.25, 0.3) is 0 Å². The van der Waals surface area contributed by atoms with Gasteiger partial charge in [0.25, 0.3) is 0 Å². The van der Waals surface area contributed by atoms with E-state index in [0.717, 1.165) is 23.7 Å². The third-order valence-electron chi connectivity index (χ3n) is 7.11. The Morgan fingerprint density at radius 1 is 0.714 bits per heavy atom. The molecule has 4 rings (SSSR count). The van der Waals surface area contributed by atoms with Gasteiger partial charge in [-0.25, -0.2) is 0 Å². The van der Waals surface area contributed by atoms with E-state index in [1.165, 1.54) is 44.9 Å². The van der Waals surface area contributed by atoms with Crippen molar-refractivity contribution in [1.29, 1.82) is 0 Å². The first kappa shape index (κ1) is 22.3. The maximum Gasteiger partial charge on any atom is 0.504 e.